The van der Waals surface area contributed by atoms with Crippen molar-refractivity contribution >= 4 is 12.0 Å². The zero-order chi connectivity index (χ0) is 16.4. The van der Waals surface area contributed by atoms with Crippen molar-refractivity contribution in [1.82, 2.24) is 9.80 Å². The number of nitrogens with zero attached hydrogens (tertiary/aromatic N) is 2. The van der Waals surface area contributed by atoms with E-state index in [4.69, 9.17) is 9.47 Å². The molecule has 128 valence electrons. The highest BCUT2D eigenvalue weighted by Crippen LogP contribution is 2.32. The fourth-order valence-electron chi connectivity index (χ4n) is 3.86. The Morgan fingerprint density at radius 3 is 2.83 bits per heavy atom. The van der Waals surface area contributed by atoms with E-state index in [-0.39, 0.29) is 12.7 Å². The van der Waals surface area contributed by atoms with Crippen molar-refractivity contribution in [2.75, 3.05) is 33.0 Å². The van der Waals surface area contributed by atoms with E-state index in [9.17, 15) is 4.79 Å². The lowest BCUT2D eigenvalue weighted by molar-refractivity contribution is -0.127. The number of hydrogen-bond donors (Lipinski definition) is 0. The minimum atomic E-state index is 0.120. The topological polar surface area (TPSA) is 42.0 Å². The summed E-state index contributed by atoms with van der Waals surface area (Å²) in [6.45, 7) is 4.55. The molecule has 1 atom stereocenters. The van der Waals surface area contributed by atoms with Gasteiger partial charge < -0.3 is 19.3 Å². The first kappa shape index (κ1) is 15.5. The molecule has 0 N–H and O–H groups in total. The Kier molecular flexibility index (Phi) is 4.43. The Morgan fingerprint density at radius 1 is 1.12 bits per heavy atom. The van der Waals surface area contributed by atoms with E-state index >= 15 is 0 Å². The second-order valence-electron chi connectivity index (χ2n) is 6.78. The van der Waals surface area contributed by atoms with Crippen molar-refractivity contribution in [1.29, 1.82) is 0 Å². The molecule has 2 saturated heterocycles. The maximum Gasteiger partial charge on any atom is 0.246 e. The molecule has 1 aromatic carbocycles. The van der Waals surface area contributed by atoms with E-state index in [1.165, 1.54) is 25.9 Å². The highest BCUT2D eigenvalue weighted by molar-refractivity contribution is 5.92. The van der Waals surface area contributed by atoms with E-state index in [2.05, 4.69) is 4.90 Å². The molecule has 3 aliphatic heterocycles. The van der Waals surface area contributed by atoms with Crippen LogP contribution in [-0.4, -0.2) is 54.7 Å². The third-order valence-corrected chi connectivity index (χ3v) is 5.14. The predicted molar refractivity (Wildman–Crippen MR) is 92.0 cm³/mol. The third kappa shape index (κ3) is 3.26. The van der Waals surface area contributed by atoms with Crippen molar-refractivity contribution in [3.8, 4) is 11.5 Å². The van der Waals surface area contributed by atoms with Crippen LogP contribution in [0.4, 0.5) is 0 Å². The number of benzene rings is 1. The lowest BCUT2D eigenvalue weighted by atomic mass is 10.1. The van der Waals surface area contributed by atoms with Gasteiger partial charge in [-0.25, -0.2) is 0 Å². The molecule has 5 nitrogen and oxygen atoms in total. The fourth-order valence-corrected chi connectivity index (χ4v) is 3.86. The van der Waals surface area contributed by atoms with Crippen molar-refractivity contribution in [2.45, 2.75) is 31.7 Å². The van der Waals surface area contributed by atoms with Crippen LogP contribution in [0.15, 0.2) is 24.3 Å². The van der Waals surface area contributed by atoms with Crippen molar-refractivity contribution in [2.24, 2.45) is 0 Å². The van der Waals surface area contributed by atoms with Gasteiger partial charge in [0.25, 0.3) is 0 Å². The van der Waals surface area contributed by atoms with Gasteiger partial charge >= 0.3 is 0 Å². The normalized spacial score (nSPS) is 23.5. The van der Waals surface area contributed by atoms with Gasteiger partial charge in [0.1, 0.15) is 0 Å². The first-order chi connectivity index (χ1) is 11.8. The molecule has 3 aliphatic rings. The van der Waals surface area contributed by atoms with Crippen LogP contribution in [-0.2, 0) is 4.79 Å². The summed E-state index contributed by atoms with van der Waals surface area (Å²) in [6.07, 6.45) is 8.40. The Balaban J connectivity index is 1.39. The summed E-state index contributed by atoms with van der Waals surface area (Å²) in [4.78, 5) is 17.1. The molecule has 24 heavy (non-hydrogen) atoms. The van der Waals surface area contributed by atoms with E-state index in [1.54, 1.807) is 6.08 Å². The molecule has 5 heteroatoms. The van der Waals surface area contributed by atoms with Gasteiger partial charge in [0.2, 0.25) is 12.7 Å². The van der Waals surface area contributed by atoms with Crippen LogP contribution in [0.25, 0.3) is 6.08 Å². The third-order valence-electron chi connectivity index (χ3n) is 5.14. The van der Waals surface area contributed by atoms with Crippen LogP contribution in [0.3, 0.4) is 0 Å². The van der Waals surface area contributed by atoms with Crippen LogP contribution in [0, 0.1) is 0 Å². The predicted octanol–water partition coefficient (Wildman–Crippen LogP) is 2.52. The average Bonchev–Trinajstić information content (AvgIpc) is 3.34. The Labute approximate surface area is 142 Å². The SMILES string of the molecule is O=C(/C=C/c1ccc2c(c1)OCO2)N1CCC[C@H]1CN1CCCC1. The van der Waals surface area contributed by atoms with Crippen molar-refractivity contribution < 1.29 is 14.3 Å². The van der Waals surface area contributed by atoms with Crippen LogP contribution in [0.5, 0.6) is 11.5 Å². The number of amides is 1. The highest BCUT2D eigenvalue weighted by Gasteiger charge is 2.29. The molecule has 0 aliphatic carbocycles. The largest absolute Gasteiger partial charge is 0.454 e. The van der Waals surface area contributed by atoms with Gasteiger partial charge in [0.15, 0.2) is 11.5 Å². The number of rotatable bonds is 4. The van der Waals surface area contributed by atoms with Crippen LogP contribution in [0.2, 0.25) is 0 Å². The van der Waals surface area contributed by atoms with Crippen LogP contribution < -0.4 is 9.47 Å². The Hall–Kier alpha value is -2.01. The highest BCUT2D eigenvalue weighted by atomic mass is 16.7. The standard InChI is InChI=1S/C19H24N2O3/c22-19(8-6-15-5-7-17-18(12-15)24-14-23-17)21-11-3-4-16(21)13-20-9-1-2-10-20/h5-8,12,16H,1-4,9-11,13-14H2/b8-6+/t16-/m0/s1. The molecule has 1 aromatic rings. The minimum Gasteiger partial charge on any atom is -0.454 e. The maximum absolute atomic E-state index is 12.6. The lowest BCUT2D eigenvalue weighted by Crippen LogP contribution is -2.41. The molecule has 0 radical (unpaired) electrons. The zero-order valence-corrected chi connectivity index (χ0v) is 13.9. The average molecular weight is 328 g/mol. The first-order valence-electron chi connectivity index (χ1n) is 8.90. The van der Waals surface area contributed by atoms with E-state index in [0.29, 0.717) is 6.04 Å². The van der Waals surface area contributed by atoms with E-state index in [1.807, 2.05) is 29.2 Å². The number of carbonyl (C=O) groups excluding carboxylic acids is 1. The molecule has 2 fully saturated rings. The minimum absolute atomic E-state index is 0.120. The molecule has 4 rings (SSSR count). The molecule has 0 bridgehead atoms. The monoisotopic (exact) mass is 328 g/mol. The van der Waals surface area contributed by atoms with Gasteiger partial charge in [-0.2, -0.15) is 0 Å². The molecular formula is C19H24N2O3. The van der Waals surface area contributed by atoms with Gasteiger partial charge in [0.05, 0.1) is 0 Å². The Morgan fingerprint density at radius 2 is 1.96 bits per heavy atom. The van der Waals surface area contributed by atoms with Gasteiger partial charge in [-0.3, -0.25) is 4.79 Å². The Bertz CT molecular complexity index is 637. The molecular weight excluding hydrogens is 304 g/mol. The molecule has 0 saturated carbocycles. The molecule has 0 aromatic heterocycles. The summed E-state index contributed by atoms with van der Waals surface area (Å²) >= 11 is 0. The second-order valence-corrected chi connectivity index (χ2v) is 6.78. The van der Waals surface area contributed by atoms with Crippen molar-refractivity contribution in [3.05, 3.63) is 29.8 Å². The smallest absolute Gasteiger partial charge is 0.246 e. The molecule has 0 spiro atoms. The van der Waals surface area contributed by atoms with Gasteiger partial charge in [-0.15, -0.1) is 0 Å². The number of likely N-dealkylation sites (tertiary alicyclic amines) is 2. The summed E-state index contributed by atoms with van der Waals surface area (Å²) in [5.74, 6) is 1.63. The quantitative estimate of drug-likeness (QED) is 0.797. The lowest BCUT2D eigenvalue weighted by Gasteiger charge is -2.27. The van der Waals surface area contributed by atoms with Gasteiger partial charge in [0, 0.05) is 25.2 Å². The van der Waals surface area contributed by atoms with Crippen molar-refractivity contribution in [3.63, 3.8) is 0 Å². The molecule has 1 amide bonds. The fraction of sp³-hybridized carbons (Fsp3) is 0.526. The summed E-state index contributed by atoms with van der Waals surface area (Å²) in [5.41, 5.74) is 0.961. The molecule has 0 unspecified atom stereocenters. The van der Waals surface area contributed by atoms with Crippen LogP contribution in [0.1, 0.15) is 31.2 Å². The maximum atomic E-state index is 12.6. The zero-order valence-electron chi connectivity index (χ0n) is 13.9. The summed E-state index contributed by atoms with van der Waals surface area (Å²) < 4.78 is 10.7. The number of fused-ring (bicyclic) bond motifs is 1. The summed E-state index contributed by atoms with van der Waals surface area (Å²) in [6, 6.07) is 6.12. The summed E-state index contributed by atoms with van der Waals surface area (Å²) in [7, 11) is 0. The number of ether oxygens (including phenoxy) is 2. The molecule has 3 heterocycles. The van der Waals surface area contributed by atoms with E-state index in [0.717, 1.165) is 43.0 Å². The summed E-state index contributed by atoms with van der Waals surface area (Å²) in [5, 5.41) is 0. The van der Waals surface area contributed by atoms with E-state index < -0.39 is 0 Å². The first-order valence-corrected chi connectivity index (χ1v) is 8.90. The second kappa shape index (κ2) is 6.85. The van der Waals surface area contributed by atoms with Gasteiger partial charge in [-0.1, -0.05) is 6.07 Å². The number of hydrogen-bond acceptors (Lipinski definition) is 4. The van der Waals surface area contributed by atoms with Gasteiger partial charge in [-0.05, 0) is 62.5 Å². The van der Waals surface area contributed by atoms with Crippen LogP contribution >= 0.6 is 0 Å². The number of carbonyl (C=O) groups is 1.